The summed E-state index contributed by atoms with van der Waals surface area (Å²) in [5.41, 5.74) is 0. The molecule has 0 amide bonds. The molecule has 0 aliphatic heterocycles. The van der Waals surface area contributed by atoms with E-state index in [-0.39, 0.29) is 0 Å². The largest absolute Gasteiger partial charge is 0.356 e. The molecule has 1 aliphatic rings. The summed E-state index contributed by atoms with van der Waals surface area (Å²) < 4.78 is 1.95. The number of aromatic nitrogens is 2. The molecule has 1 aromatic rings. The van der Waals surface area contributed by atoms with Crippen LogP contribution in [-0.2, 0) is 6.54 Å². The van der Waals surface area contributed by atoms with E-state index in [1.807, 2.05) is 30.2 Å². The zero-order valence-corrected chi connectivity index (χ0v) is 14.0. The van der Waals surface area contributed by atoms with E-state index in [4.69, 9.17) is 0 Å². The number of hydrogen-bond donors (Lipinski definition) is 2. The third-order valence-electron chi connectivity index (χ3n) is 4.34. The minimum atomic E-state index is 0.783. The van der Waals surface area contributed by atoms with Crippen LogP contribution in [0.25, 0.3) is 0 Å². The first-order valence-corrected chi connectivity index (χ1v) is 8.42. The average molecular weight is 306 g/mol. The summed E-state index contributed by atoms with van der Waals surface area (Å²) in [6.07, 6.45) is 10.3. The van der Waals surface area contributed by atoms with Gasteiger partial charge in [-0.05, 0) is 32.4 Å². The van der Waals surface area contributed by atoms with Crippen LogP contribution in [0.4, 0.5) is 0 Å². The molecule has 0 bridgehead atoms. The summed E-state index contributed by atoms with van der Waals surface area (Å²) in [6.45, 7) is 3.84. The van der Waals surface area contributed by atoms with Crippen molar-refractivity contribution in [3.63, 3.8) is 0 Å². The van der Waals surface area contributed by atoms with Gasteiger partial charge in [-0.2, -0.15) is 5.10 Å². The molecule has 0 unspecified atom stereocenters. The second-order valence-corrected chi connectivity index (χ2v) is 5.97. The molecule has 6 heteroatoms. The molecule has 1 aromatic heterocycles. The lowest BCUT2D eigenvalue weighted by molar-refractivity contribution is 0.249. The molecule has 2 rings (SSSR count). The average Bonchev–Trinajstić information content (AvgIpc) is 3.22. The number of hydrogen-bond acceptors (Lipinski definition) is 3. The van der Waals surface area contributed by atoms with Crippen LogP contribution in [0.2, 0.25) is 0 Å². The normalized spacial score (nSPS) is 16.4. The van der Waals surface area contributed by atoms with Gasteiger partial charge < -0.3 is 15.5 Å². The summed E-state index contributed by atoms with van der Waals surface area (Å²) in [6, 6.07) is 2.74. The second-order valence-electron chi connectivity index (χ2n) is 5.97. The monoisotopic (exact) mass is 306 g/mol. The van der Waals surface area contributed by atoms with Crippen LogP contribution < -0.4 is 10.6 Å². The Bertz CT molecular complexity index is 422. The van der Waals surface area contributed by atoms with Gasteiger partial charge in [0.25, 0.3) is 0 Å². The molecule has 1 heterocycles. The number of likely N-dealkylation sites (N-methyl/N-ethyl adjacent to an activating group) is 1. The SMILES string of the molecule is CN=C(NCCCn1cccn1)NCCN(C)C1CCCC1. The second kappa shape index (κ2) is 9.46. The molecule has 1 aliphatic carbocycles. The zero-order valence-electron chi connectivity index (χ0n) is 14.0. The molecule has 0 aromatic carbocycles. The summed E-state index contributed by atoms with van der Waals surface area (Å²) in [7, 11) is 4.06. The Morgan fingerprint density at radius 1 is 1.32 bits per heavy atom. The molecule has 22 heavy (non-hydrogen) atoms. The van der Waals surface area contributed by atoms with Crippen LogP contribution >= 0.6 is 0 Å². The van der Waals surface area contributed by atoms with Gasteiger partial charge in [0.2, 0.25) is 0 Å². The van der Waals surface area contributed by atoms with Gasteiger partial charge in [0.15, 0.2) is 5.96 Å². The number of aliphatic imine (C=N–C) groups is 1. The van der Waals surface area contributed by atoms with Crippen LogP contribution in [0.5, 0.6) is 0 Å². The maximum Gasteiger partial charge on any atom is 0.191 e. The molecule has 2 N–H and O–H groups in total. The first-order chi connectivity index (χ1) is 10.8. The Morgan fingerprint density at radius 3 is 2.77 bits per heavy atom. The summed E-state index contributed by atoms with van der Waals surface area (Å²) in [5, 5.41) is 10.9. The van der Waals surface area contributed by atoms with Crippen LogP contribution in [0, 0.1) is 0 Å². The Hall–Kier alpha value is -1.56. The van der Waals surface area contributed by atoms with E-state index in [0.29, 0.717) is 0 Å². The van der Waals surface area contributed by atoms with Crippen LogP contribution in [-0.4, -0.2) is 60.4 Å². The number of guanidine groups is 1. The van der Waals surface area contributed by atoms with Gasteiger partial charge in [0.1, 0.15) is 0 Å². The molecular weight excluding hydrogens is 276 g/mol. The molecular formula is C16H30N6. The maximum atomic E-state index is 4.27. The van der Waals surface area contributed by atoms with Crippen LogP contribution in [0.1, 0.15) is 32.1 Å². The molecule has 0 spiro atoms. The number of nitrogens with zero attached hydrogens (tertiary/aromatic N) is 4. The van der Waals surface area contributed by atoms with Gasteiger partial charge in [-0.3, -0.25) is 9.67 Å². The summed E-state index contributed by atoms with van der Waals surface area (Å²) >= 11 is 0. The van der Waals surface area contributed by atoms with E-state index in [1.165, 1.54) is 25.7 Å². The summed E-state index contributed by atoms with van der Waals surface area (Å²) in [4.78, 5) is 6.75. The van der Waals surface area contributed by atoms with Gasteiger partial charge in [-0.1, -0.05) is 12.8 Å². The Morgan fingerprint density at radius 2 is 2.09 bits per heavy atom. The standard InChI is InChI=1S/C16H30N6/c1-17-16(18-9-5-12-22-13-6-10-20-22)19-11-14-21(2)15-7-3-4-8-15/h6,10,13,15H,3-5,7-9,11-12,14H2,1-2H3,(H2,17,18,19). The minimum absolute atomic E-state index is 0.783. The summed E-state index contributed by atoms with van der Waals surface area (Å²) in [5.74, 6) is 0.889. The fourth-order valence-electron chi connectivity index (χ4n) is 2.98. The minimum Gasteiger partial charge on any atom is -0.356 e. The molecule has 124 valence electrons. The lowest BCUT2D eigenvalue weighted by Gasteiger charge is -2.24. The van der Waals surface area contributed by atoms with E-state index in [9.17, 15) is 0 Å². The zero-order chi connectivity index (χ0) is 15.6. The van der Waals surface area contributed by atoms with Crippen LogP contribution in [0.15, 0.2) is 23.5 Å². The van der Waals surface area contributed by atoms with Crippen molar-refractivity contribution in [3.05, 3.63) is 18.5 Å². The fourth-order valence-corrected chi connectivity index (χ4v) is 2.98. The number of aryl methyl sites for hydroxylation is 1. The highest BCUT2D eigenvalue weighted by Crippen LogP contribution is 2.21. The van der Waals surface area contributed by atoms with Gasteiger partial charge in [-0.25, -0.2) is 0 Å². The Kier molecular flexibility index (Phi) is 7.22. The van der Waals surface area contributed by atoms with E-state index < -0.39 is 0 Å². The highest BCUT2D eigenvalue weighted by atomic mass is 15.3. The van der Waals surface area contributed by atoms with Crippen molar-refractivity contribution in [2.24, 2.45) is 4.99 Å². The van der Waals surface area contributed by atoms with Crippen LogP contribution in [0.3, 0.4) is 0 Å². The van der Waals surface area contributed by atoms with Crippen molar-refractivity contribution >= 4 is 5.96 Å². The van der Waals surface area contributed by atoms with Crippen molar-refractivity contribution in [2.45, 2.75) is 44.7 Å². The maximum absolute atomic E-state index is 4.27. The third-order valence-corrected chi connectivity index (χ3v) is 4.34. The molecule has 0 radical (unpaired) electrons. The molecule has 0 saturated heterocycles. The molecule has 1 fully saturated rings. The van der Waals surface area contributed by atoms with Gasteiger partial charge in [-0.15, -0.1) is 0 Å². The predicted molar refractivity (Wildman–Crippen MR) is 91.1 cm³/mol. The van der Waals surface area contributed by atoms with Crippen molar-refractivity contribution in [3.8, 4) is 0 Å². The first-order valence-electron chi connectivity index (χ1n) is 8.42. The fraction of sp³-hybridized carbons (Fsp3) is 0.750. The Labute approximate surface area is 134 Å². The highest BCUT2D eigenvalue weighted by Gasteiger charge is 2.18. The smallest absolute Gasteiger partial charge is 0.191 e. The molecule has 6 nitrogen and oxygen atoms in total. The van der Waals surface area contributed by atoms with Crippen molar-refractivity contribution in [1.82, 2.24) is 25.3 Å². The van der Waals surface area contributed by atoms with Crippen molar-refractivity contribution in [2.75, 3.05) is 33.7 Å². The Balaban J connectivity index is 1.54. The molecule has 0 atom stereocenters. The third kappa shape index (κ3) is 5.67. The van der Waals surface area contributed by atoms with Gasteiger partial charge in [0.05, 0.1) is 0 Å². The van der Waals surface area contributed by atoms with Crippen molar-refractivity contribution < 1.29 is 0 Å². The van der Waals surface area contributed by atoms with E-state index in [2.05, 4.69) is 32.7 Å². The van der Waals surface area contributed by atoms with Gasteiger partial charge >= 0.3 is 0 Å². The highest BCUT2D eigenvalue weighted by molar-refractivity contribution is 5.79. The lowest BCUT2D eigenvalue weighted by atomic mass is 10.2. The topological polar surface area (TPSA) is 57.5 Å². The number of nitrogens with one attached hydrogen (secondary N) is 2. The number of rotatable bonds is 8. The molecule has 1 saturated carbocycles. The quantitative estimate of drug-likeness (QED) is 0.432. The lowest BCUT2D eigenvalue weighted by Crippen LogP contribution is -2.42. The van der Waals surface area contributed by atoms with Crippen molar-refractivity contribution in [1.29, 1.82) is 0 Å². The predicted octanol–water partition coefficient (Wildman–Crippen LogP) is 1.31. The van der Waals surface area contributed by atoms with Gasteiger partial charge in [0, 0.05) is 51.7 Å². The first kappa shape index (κ1) is 16.8. The van der Waals surface area contributed by atoms with E-state index in [0.717, 1.165) is 44.6 Å². The van der Waals surface area contributed by atoms with E-state index >= 15 is 0 Å². The van der Waals surface area contributed by atoms with E-state index in [1.54, 1.807) is 0 Å².